The van der Waals surface area contributed by atoms with E-state index in [0.29, 0.717) is 16.5 Å². The summed E-state index contributed by atoms with van der Waals surface area (Å²) in [6.45, 7) is 1.71. The molecule has 0 aliphatic carbocycles. The first kappa shape index (κ1) is 15.5. The van der Waals surface area contributed by atoms with E-state index in [0.717, 1.165) is 11.0 Å². The highest BCUT2D eigenvalue weighted by Crippen LogP contribution is 2.21. The predicted molar refractivity (Wildman–Crippen MR) is 90.4 cm³/mol. The Bertz CT molecular complexity index is 841. The van der Waals surface area contributed by atoms with Crippen LogP contribution in [0, 0.1) is 0 Å². The van der Waals surface area contributed by atoms with Crippen LogP contribution in [0.15, 0.2) is 48.5 Å². The molecule has 0 saturated heterocycles. The lowest BCUT2D eigenvalue weighted by molar-refractivity contribution is -0.116. The van der Waals surface area contributed by atoms with Gasteiger partial charge in [0.05, 0.1) is 11.0 Å². The summed E-state index contributed by atoms with van der Waals surface area (Å²) in [4.78, 5) is 16.7. The lowest BCUT2D eigenvalue weighted by atomic mass is 10.3. The van der Waals surface area contributed by atoms with Gasteiger partial charge in [-0.05, 0) is 43.3 Å². The molecule has 1 heterocycles. The largest absolute Gasteiger partial charge is 0.385 e. The van der Waals surface area contributed by atoms with Crippen LogP contribution in [0.3, 0.4) is 0 Å². The fourth-order valence-electron chi connectivity index (χ4n) is 2.46. The number of nitrogens with one attached hydrogen (secondary N) is 1. The number of hydrogen-bond acceptors (Lipinski definition) is 3. The highest BCUT2D eigenvalue weighted by molar-refractivity contribution is 6.30. The van der Waals surface area contributed by atoms with Crippen LogP contribution >= 0.6 is 11.6 Å². The quantitative estimate of drug-likeness (QED) is 0.771. The predicted octanol–water partition coefficient (Wildman–Crippen LogP) is 3.38. The smallest absolute Gasteiger partial charge is 0.244 e. The number of halogens is 1. The number of carbonyl (C=O) groups excluding carboxylic acids is 1. The molecule has 0 aliphatic rings. The van der Waals surface area contributed by atoms with Crippen molar-refractivity contribution in [2.75, 3.05) is 5.32 Å². The monoisotopic (exact) mass is 329 g/mol. The van der Waals surface area contributed by atoms with Crippen molar-refractivity contribution >= 4 is 34.2 Å². The average Bonchev–Trinajstić information content (AvgIpc) is 2.89. The van der Waals surface area contributed by atoms with Crippen molar-refractivity contribution < 1.29 is 9.90 Å². The molecule has 0 fully saturated rings. The fraction of sp³-hybridized carbons (Fsp3) is 0.176. The molecule has 1 unspecified atom stereocenters. The molecule has 5 nitrogen and oxygen atoms in total. The number of nitrogens with zero attached hydrogens (tertiary/aromatic N) is 2. The van der Waals surface area contributed by atoms with Gasteiger partial charge >= 0.3 is 0 Å². The van der Waals surface area contributed by atoms with Crippen molar-refractivity contribution in [3.63, 3.8) is 0 Å². The molecule has 3 rings (SSSR count). The van der Waals surface area contributed by atoms with Crippen LogP contribution in [-0.2, 0) is 11.3 Å². The Balaban J connectivity index is 1.86. The molecular formula is C17H16ClN3O2. The number of fused-ring (bicyclic) bond motifs is 1. The van der Waals surface area contributed by atoms with Crippen molar-refractivity contribution in [2.45, 2.75) is 19.6 Å². The first-order valence-electron chi connectivity index (χ1n) is 7.23. The van der Waals surface area contributed by atoms with Crippen LogP contribution in [0.1, 0.15) is 18.9 Å². The van der Waals surface area contributed by atoms with E-state index >= 15 is 0 Å². The zero-order chi connectivity index (χ0) is 16.4. The van der Waals surface area contributed by atoms with E-state index < -0.39 is 6.10 Å². The summed E-state index contributed by atoms with van der Waals surface area (Å²) in [5.74, 6) is 0.273. The standard InChI is InChI=1S/C17H16ClN3O2/c1-11(22)17-20-14-4-2-3-5-15(14)21(17)10-16(23)19-13-8-6-12(18)7-9-13/h2-9,11,22H,10H2,1H3,(H,19,23). The van der Waals surface area contributed by atoms with Crippen LogP contribution in [0.5, 0.6) is 0 Å². The number of aliphatic hydroxyl groups is 1. The van der Waals surface area contributed by atoms with Crippen molar-refractivity contribution in [2.24, 2.45) is 0 Å². The maximum absolute atomic E-state index is 12.3. The molecule has 0 aliphatic heterocycles. The Labute approximate surface area is 138 Å². The first-order chi connectivity index (χ1) is 11.0. The summed E-state index contributed by atoms with van der Waals surface area (Å²) in [7, 11) is 0. The number of benzene rings is 2. The van der Waals surface area contributed by atoms with E-state index in [9.17, 15) is 9.90 Å². The zero-order valence-corrected chi connectivity index (χ0v) is 13.3. The van der Waals surface area contributed by atoms with Gasteiger partial charge in [-0.2, -0.15) is 0 Å². The molecule has 0 bridgehead atoms. The minimum absolute atomic E-state index is 0.0728. The number of aliphatic hydroxyl groups excluding tert-OH is 1. The molecule has 3 aromatic rings. The summed E-state index contributed by atoms with van der Waals surface area (Å²) in [6, 6.07) is 14.4. The molecule has 118 valence electrons. The van der Waals surface area contributed by atoms with Crippen LogP contribution in [-0.4, -0.2) is 20.6 Å². The van der Waals surface area contributed by atoms with Gasteiger partial charge in [-0.3, -0.25) is 4.79 Å². The zero-order valence-electron chi connectivity index (χ0n) is 12.5. The van der Waals surface area contributed by atoms with E-state index in [4.69, 9.17) is 11.6 Å². The van der Waals surface area contributed by atoms with Gasteiger partial charge in [-0.15, -0.1) is 0 Å². The Hall–Kier alpha value is -2.37. The van der Waals surface area contributed by atoms with Gasteiger partial charge < -0.3 is 15.0 Å². The molecule has 1 amide bonds. The molecular weight excluding hydrogens is 314 g/mol. The number of para-hydroxylation sites is 2. The minimum Gasteiger partial charge on any atom is -0.385 e. The number of anilines is 1. The van der Waals surface area contributed by atoms with Crippen molar-refractivity contribution in [1.82, 2.24) is 9.55 Å². The van der Waals surface area contributed by atoms with E-state index in [-0.39, 0.29) is 12.5 Å². The number of aromatic nitrogens is 2. The van der Waals surface area contributed by atoms with Crippen molar-refractivity contribution in [1.29, 1.82) is 0 Å². The van der Waals surface area contributed by atoms with Gasteiger partial charge in [-0.25, -0.2) is 4.98 Å². The number of imidazole rings is 1. The number of amides is 1. The summed E-state index contributed by atoms with van der Waals surface area (Å²) in [6.07, 6.45) is -0.759. The Kier molecular flexibility index (Phi) is 4.32. The van der Waals surface area contributed by atoms with Gasteiger partial charge in [0.2, 0.25) is 5.91 Å². The lowest BCUT2D eigenvalue weighted by Gasteiger charge is -2.11. The Morgan fingerprint density at radius 3 is 2.65 bits per heavy atom. The molecule has 1 atom stereocenters. The highest BCUT2D eigenvalue weighted by atomic mass is 35.5. The van der Waals surface area contributed by atoms with E-state index in [1.165, 1.54) is 0 Å². The molecule has 2 N–H and O–H groups in total. The lowest BCUT2D eigenvalue weighted by Crippen LogP contribution is -2.20. The summed E-state index contributed by atoms with van der Waals surface area (Å²) >= 11 is 5.83. The van der Waals surface area contributed by atoms with E-state index in [1.54, 1.807) is 35.8 Å². The van der Waals surface area contributed by atoms with E-state index in [1.807, 2.05) is 24.3 Å². The van der Waals surface area contributed by atoms with Gasteiger partial charge in [0, 0.05) is 10.7 Å². The maximum Gasteiger partial charge on any atom is 0.244 e. The normalized spacial score (nSPS) is 12.3. The van der Waals surface area contributed by atoms with Crippen molar-refractivity contribution in [3.8, 4) is 0 Å². The molecule has 2 aromatic carbocycles. The van der Waals surface area contributed by atoms with E-state index in [2.05, 4.69) is 10.3 Å². The molecule has 0 spiro atoms. The first-order valence-corrected chi connectivity index (χ1v) is 7.61. The topological polar surface area (TPSA) is 67.2 Å². The average molecular weight is 330 g/mol. The molecule has 23 heavy (non-hydrogen) atoms. The fourth-order valence-corrected chi connectivity index (χ4v) is 2.58. The maximum atomic E-state index is 12.3. The number of rotatable bonds is 4. The Morgan fingerprint density at radius 1 is 1.26 bits per heavy atom. The van der Waals surface area contributed by atoms with Gasteiger partial charge in [0.1, 0.15) is 18.5 Å². The van der Waals surface area contributed by atoms with Gasteiger partial charge in [0.25, 0.3) is 0 Å². The third-order valence-corrected chi connectivity index (χ3v) is 3.74. The summed E-state index contributed by atoms with van der Waals surface area (Å²) in [5.41, 5.74) is 2.24. The molecule has 0 saturated carbocycles. The van der Waals surface area contributed by atoms with Gasteiger partial charge in [0.15, 0.2) is 0 Å². The van der Waals surface area contributed by atoms with Crippen LogP contribution in [0.25, 0.3) is 11.0 Å². The third-order valence-electron chi connectivity index (χ3n) is 3.49. The second kappa shape index (κ2) is 6.40. The SMILES string of the molecule is CC(O)c1nc2ccccc2n1CC(=O)Nc1ccc(Cl)cc1. The van der Waals surface area contributed by atoms with Crippen molar-refractivity contribution in [3.05, 3.63) is 59.4 Å². The highest BCUT2D eigenvalue weighted by Gasteiger charge is 2.16. The van der Waals surface area contributed by atoms with Gasteiger partial charge in [-0.1, -0.05) is 23.7 Å². The summed E-state index contributed by atoms with van der Waals surface area (Å²) < 4.78 is 1.73. The second-order valence-electron chi connectivity index (χ2n) is 5.28. The van der Waals surface area contributed by atoms with Crippen LogP contribution in [0.2, 0.25) is 5.02 Å². The number of hydrogen-bond donors (Lipinski definition) is 2. The second-order valence-corrected chi connectivity index (χ2v) is 5.71. The minimum atomic E-state index is -0.759. The Morgan fingerprint density at radius 2 is 1.96 bits per heavy atom. The summed E-state index contributed by atoms with van der Waals surface area (Å²) in [5, 5.41) is 13.3. The molecule has 6 heteroatoms. The number of carbonyl (C=O) groups is 1. The molecule has 1 aromatic heterocycles. The molecule has 0 radical (unpaired) electrons. The van der Waals surface area contributed by atoms with Crippen LogP contribution in [0.4, 0.5) is 5.69 Å². The third kappa shape index (κ3) is 3.36. The van der Waals surface area contributed by atoms with Crippen LogP contribution < -0.4 is 5.32 Å².